The Morgan fingerprint density at radius 2 is 1.90 bits per heavy atom. The number of thiazole rings is 1. The van der Waals surface area contributed by atoms with E-state index in [0.717, 1.165) is 30.0 Å². The largest absolute Gasteiger partial charge is 0.490 e. The minimum atomic E-state index is -5.08. The molecule has 0 bridgehead atoms. The van der Waals surface area contributed by atoms with Crippen LogP contribution in [0.1, 0.15) is 45.5 Å². The van der Waals surface area contributed by atoms with Gasteiger partial charge in [0.2, 0.25) is 0 Å². The van der Waals surface area contributed by atoms with Crippen LogP contribution in [0.25, 0.3) is 0 Å². The first kappa shape index (κ1) is 23.6. The normalized spacial score (nSPS) is 12.2. The number of hydrogen-bond acceptors (Lipinski definition) is 5. The number of carboxylic acid groups (broad SMARTS) is 1. The highest BCUT2D eigenvalue weighted by Crippen LogP contribution is 2.26. The summed E-state index contributed by atoms with van der Waals surface area (Å²) in [6.07, 6.45) is -4.18. The Hall–Kier alpha value is -2.72. The van der Waals surface area contributed by atoms with Gasteiger partial charge in [-0.1, -0.05) is 30.3 Å². The Balaban J connectivity index is 0.000000396. The van der Waals surface area contributed by atoms with Crippen LogP contribution in [0.2, 0.25) is 0 Å². The van der Waals surface area contributed by atoms with E-state index < -0.39 is 12.1 Å². The maximum Gasteiger partial charge on any atom is 0.490 e. The third-order valence-electron chi connectivity index (χ3n) is 4.06. The highest BCUT2D eigenvalue weighted by atomic mass is 32.1. The molecule has 2 aromatic heterocycles. The van der Waals surface area contributed by atoms with Crippen molar-refractivity contribution >= 4 is 17.3 Å². The molecule has 1 unspecified atom stereocenters. The van der Waals surface area contributed by atoms with E-state index in [9.17, 15) is 13.2 Å². The molecule has 1 aromatic carbocycles. The van der Waals surface area contributed by atoms with Gasteiger partial charge >= 0.3 is 12.1 Å². The van der Waals surface area contributed by atoms with E-state index in [1.807, 2.05) is 13.0 Å². The quantitative estimate of drug-likeness (QED) is 0.523. The molecule has 0 saturated heterocycles. The molecule has 30 heavy (non-hydrogen) atoms. The molecule has 2 heterocycles. The molecule has 0 aliphatic heterocycles. The van der Waals surface area contributed by atoms with Gasteiger partial charge in [-0.3, -0.25) is 5.10 Å². The number of alkyl halides is 3. The second-order valence-electron chi connectivity index (χ2n) is 6.67. The molecule has 0 fully saturated rings. The molecule has 0 amide bonds. The Kier molecular flexibility index (Phi) is 8.13. The summed E-state index contributed by atoms with van der Waals surface area (Å²) in [5, 5.41) is 19.1. The van der Waals surface area contributed by atoms with Crippen LogP contribution in [-0.4, -0.2) is 32.4 Å². The van der Waals surface area contributed by atoms with Gasteiger partial charge in [-0.2, -0.15) is 18.3 Å². The lowest BCUT2D eigenvalue weighted by Crippen LogP contribution is -2.21. The zero-order chi connectivity index (χ0) is 22.3. The van der Waals surface area contributed by atoms with Gasteiger partial charge < -0.3 is 10.4 Å². The van der Waals surface area contributed by atoms with Crippen LogP contribution in [0.4, 0.5) is 13.2 Å². The third-order valence-corrected chi connectivity index (χ3v) is 5.40. The smallest absolute Gasteiger partial charge is 0.475 e. The van der Waals surface area contributed by atoms with Crippen molar-refractivity contribution in [2.75, 3.05) is 0 Å². The number of hydrogen-bond donors (Lipinski definition) is 3. The molecule has 162 valence electrons. The second kappa shape index (κ2) is 10.4. The molecule has 3 N–H and O–H groups in total. The van der Waals surface area contributed by atoms with E-state index in [0.29, 0.717) is 0 Å². The minimum Gasteiger partial charge on any atom is -0.475 e. The number of benzene rings is 1. The number of carbonyl (C=O) groups is 1. The van der Waals surface area contributed by atoms with Gasteiger partial charge in [0, 0.05) is 29.6 Å². The Morgan fingerprint density at radius 3 is 2.43 bits per heavy atom. The summed E-state index contributed by atoms with van der Waals surface area (Å²) < 4.78 is 31.7. The summed E-state index contributed by atoms with van der Waals surface area (Å²) in [5.41, 5.74) is 4.56. The maximum absolute atomic E-state index is 10.6. The zero-order valence-corrected chi connectivity index (χ0v) is 17.6. The molecule has 0 saturated carbocycles. The van der Waals surface area contributed by atoms with Gasteiger partial charge in [0.25, 0.3) is 0 Å². The van der Waals surface area contributed by atoms with Crippen LogP contribution < -0.4 is 5.32 Å². The molecular weight excluding hydrogens is 417 g/mol. The molecule has 0 aliphatic rings. The van der Waals surface area contributed by atoms with Crippen molar-refractivity contribution in [2.45, 2.75) is 46.0 Å². The van der Waals surface area contributed by atoms with E-state index in [-0.39, 0.29) is 6.04 Å². The predicted molar refractivity (Wildman–Crippen MR) is 108 cm³/mol. The van der Waals surface area contributed by atoms with Crippen LogP contribution in [0.3, 0.4) is 0 Å². The number of nitrogens with one attached hydrogen (secondary N) is 2. The molecule has 0 radical (unpaired) electrons. The molecule has 3 aromatic rings. The van der Waals surface area contributed by atoms with Crippen molar-refractivity contribution in [3.8, 4) is 0 Å². The zero-order valence-electron chi connectivity index (χ0n) is 16.7. The second-order valence-corrected chi connectivity index (χ2v) is 7.78. The summed E-state index contributed by atoms with van der Waals surface area (Å²) in [6.45, 7) is 7.06. The number of H-pyrrole nitrogens is 1. The number of rotatable bonds is 6. The van der Waals surface area contributed by atoms with Gasteiger partial charge in [-0.05, 0) is 32.4 Å². The van der Waals surface area contributed by atoms with E-state index in [1.165, 1.54) is 15.4 Å². The molecule has 10 heteroatoms. The number of nitrogens with zero attached hydrogens (tertiary/aromatic N) is 2. The molecule has 0 aliphatic carbocycles. The average Bonchev–Trinajstić information content (AvgIpc) is 3.25. The Labute approximate surface area is 176 Å². The first-order chi connectivity index (χ1) is 14.1. The van der Waals surface area contributed by atoms with Crippen LogP contribution in [0.5, 0.6) is 0 Å². The van der Waals surface area contributed by atoms with Gasteiger partial charge in [0.05, 0.1) is 16.4 Å². The van der Waals surface area contributed by atoms with Gasteiger partial charge in [-0.15, -0.1) is 11.3 Å². The summed E-state index contributed by atoms with van der Waals surface area (Å²) >= 11 is 1.80. The van der Waals surface area contributed by atoms with Crippen molar-refractivity contribution in [1.82, 2.24) is 20.5 Å². The van der Waals surface area contributed by atoms with Crippen molar-refractivity contribution in [3.63, 3.8) is 0 Å². The van der Waals surface area contributed by atoms with E-state index in [1.54, 1.807) is 11.3 Å². The molecular formula is C20H23F3N4O2S. The Bertz CT molecular complexity index is 955. The van der Waals surface area contributed by atoms with Gasteiger partial charge in [0.15, 0.2) is 0 Å². The summed E-state index contributed by atoms with van der Waals surface area (Å²) in [7, 11) is 0. The number of aryl methyl sites for hydroxylation is 2. The van der Waals surface area contributed by atoms with Crippen molar-refractivity contribution in [2.24, 2.45) is 0 Å². The molecule has 0 spiro atoms. The summed E-state index contributed by atoms with van der Waals surface area (Å²) in [6, 6.07) is 12.8. The van der Waals surface area contributed by atoms with Crippen LogP contribution in [-0.2, 0) is 17.8 Å². The maximum atomic E-state index is 10.6. The van der Waals surface area contributed by atoms with Crippen LogP contribution in [0.15, 0.2) is 36.4 Å². The third kappa shape index (κ3) is 7.27. The molecule has 3 rings (SSSR count). The Morgan fingerprint density at radius 1 is 1.27 bits per heavy atom. The van der Waals surface area contributed by atoms with Crippen molar-refractivity contribution in [3.05, 3.63) is 68.9 Å². The number of aromatic amines is 1. The average molecular weight is 440 g/mol. The topological polar surface area (TPSA) is 90.9 Å². The van der Waals surface area contributed by atoms with Crippen LogP contribution >= 0.6 is 11.3 Å². The summed E-state index contributed by atoms with van der Waals surface area (Å²) in [5.74, 6) is -2.76. The van der Waals surface area contributed by atoms with E-state index in [2.05, 4.69) is 59.7 Å². The predicted octanol–water partition coefficient (Wildman–Crippen LogP) is 4.56. The van der Waals surface area contributed by atoms with Crippen molar-refractivity contribution < 1.29 is 23.1 Å². The monoisotopic (exact) mass is 440 g/mol. The highest BCUT2D eigenvalue weighted by Gasteiger charge is 2.38. The van der Waals surface area contributed by atoms with Crippen molar-refractivity contribution in [1.29, 1.82) is 0 Å². The van der Waals surface area contributed by atoms with E-state index >= 15 is 0 Å². The van der Waals surface area contributed by atoms with Gasteiger partial charge in [-0.25, -0.2) is 9.78 Å². The lowest BCUT2D eigenvalue weighted by Gasteiger charge is -2.11. The molecule has 1 atom stereocenters. The highest BCUT2D eigenvalue weighted by molar-refractivity contribution is 7.11. The number of halogens is 3. The van der Waals surface area contributed by atoms with Crippen LogP contribution in [0, 0.1) is 13.8 Å². The standard InChI is InChI=1S/C18H22N4S.C2HF3O2/c1-12-9-16(22-21-12)11-19-13(2)18-14(3)20-17(23-18)10-15-7-5-4-6-8-15;3-2(4,5)1(6)7/h4-9,13,19H,10-11H2,1-3H3,(H,21,22);(H,6,7). The lowest BCUT2D eigenvalue weighted by atomic mass is 10.2. The first-order valence-electron chi connectivity index (χ1n) is 9.10. The SMILES string of the molecule is Cc1cc(CNC(C)c2sc(Cc3ccccc3)nc2C)n[nH]1.O=C(O)C(F)(F)F. The molecule has 6 nitrogen and oxygen atoms in total. The minimum absolute atomic E-state index is 0.272. The first-order valence-corrected chi connectivity index (χ1v) is 9.92. The van der Waals surface area contributed by atoms with E-state index in [4.69, 9.17) is 14.9 Å². The number of aromatic nitrogens is 3. The summed E-state index contributed by atoms with van der Waals surface area (Å²) in [4.78, 5) is 14.9. The fraction of sp³-hybridized carbons (Fsp3) is 0.350. The fourth-order valence-corrected chi connectivity index (χ4v) is 3.76. The van der Waals surface area contributed by atoms with Gasteiger partial charge in [0.1, 0.15) is 0 Å². The number of carboxylic acids is 1. The number of aliphatic carboxylic acids is 1. The lowest BCUT2D eigenvalue weighted by molar-refractivity contribution is -0.192. The fourth-order valence-electron chi connectivity index (χ4n) is 2.63.